The van der Waals surface area contributed by atoms with Crippen LogP contribution in [-0.4, -0.2) is 17.3 Å². The van der Waals surface area contributed by atoms with Crippen LogP contribution in [0.25, 0.3) is 0 Å². The Hall–Kier alpha value is -0.0800. The van der Waals surface area contributed by atoms with Gasteiger partial charge in [0.05, 0.1) is 6.10 Å². The molecule has 2 nitrogen and oxygen atoms in total. The van der Waals surface area contributed by atoms with Crippen LogP contribution in [0.1, 0.15) is 71.6 Å². The first-order valence-electron chi connectivity index (χ1n) is 9.39. The van der Waals surface area contributed by atoms with Crippen molar-refractivity contribution in [3.63, 3.8) is 0 Å². The van der Waals surface area contributed by atoms with Gasteiger partial charge in [-0.05, 0) is 92.3 Å². The molecule has 8 atom stereocenters. The zero-order valence-electron chi connectivity index (χ0n) is 13.9. The molecule has 4 rings (SSSR count). The van der Waals surface area contributed by atoms with Crippen LogP contribution in [0, 0.1) is 34.5 Å². The van der Waals surface area contributed by atoms with Gasteiger partial charge in [-0.2, -0.15) is 0 Å². The lowest BCUT2D eigenvalue weighted by molar-refractivity contribution is -0.122. The first-order valence-corrected chi connectivity index (χ1v) is 9.39. The van der Waals surface area contributed by atoms with E-state index in [0.29, 0.717) is 16.9 Å². The minimum atomic E-state index is -0.0200. The van der Waals surface area contributed by atoms with E-state index >= 15 is 0 Å². The second-order valence-corrected chi connectivity index (χ2v) is 9.31. The van der Waals surface area contributed by atoms with Crippen molar-refractivity contribution in [3.8, 4) is 0 Å². The summed E-state index contributed by atoms with van der Waals surface area (Å²) in [6, 6.07) is 0.446. The number of aliphatic hydroxyl groups is 1. The lowest BCUT2D eigenvalue weighted by Gasteiger charge is -2.60. The largest absolute Gasteiger partial charge is 0.393 e. The highest BCUT2D eigenvalue weighted by molar-refractivity contribution is 5.10. The van der Waals surface area contributed by atoms with Crippen LogP contribution in [0.2, 0.25) is 0 Å². The highest BCUT2D eigenvalue weighted by atomic mass is 16.3. The number of aliphatic hydroxyl groups excluding tert-OH is 1. The van der Waals surface area contributed by atoms with Crippen LogP contribution in [0.3, 0.4) is 0 Å². The van der Waals surface area contributed by atoms with E-state index in [0.717, 1.165) is 36.5 Å². The Morgan fingerprint density at radius 1 is 0.857 bits per heavy atom. The van der Waals surface area contributed by atoms with Crippen LogP contribution in [0.15, 0.2) is 0 Å². The summed E-state index contributed by atoms with van der Waals surface area (Å²) in [5.41, 5.74) is 7.43. The maximum absolute atomic E-state index is 10.1. The van der Waals surface area contributed by atoms with Crippen molar-refractivity contribution >= 4 is 0 Å². The molecule has 21 heavy (non-hydrogen) atoms. The Kier molecular flexibility index (Phi) is 3.25. The molecule has 4 aliphatic carbocycles. The molecule has 0 saturated heterocycles. The van der Waals surface area contributed by atoms with Gasteiger partial charge in [0, 0.05) is 6.04 Å². The van der Waals surface area contributed by atoms with Gasteiger partial charge in [-0.3, -0.25) is 0 Å². The average Bonchev–Trinajstić information content (AvgIpc) is 2.76. The van der Waals surface area contributed by atoms with Gasteiger partial charge in [-0.1, -0.05) is 13.8 Å². The molecule has 0 amide bonds. The Morgan fingerprint density at radius 2 is 1.57 bits per heavy atom. The third-order valence-electron chi connectivity index (χ3n) is 8.71. The van der Waals surface area contributed by atoms with E-state index < -0.39 is 0 Å². The summed E-state index contributed by atoms with van der Waals surface area (Å²) in [6.07, 6.45) is 11.5. The Morgan fingerprint density at radius 3 is 2.38 bits per heavy atom. The topological polar surface area (TPSA) is 46.2 Å². The van der Waals surface area contributed by atoms with Gasteiger partial charge in [0.2, 0.25) is 0 Å². The molecule has 2 heteroatoms. The van der Waals surface area contributed by atoms with Crippen molar-refractivity contribution < 1.29 is 5.11 Å². The van der Waals surface area contributed by atoms with Crippen LogP contribution in [0.4, 0.5) is 0 Å². The summed E-state index contributed by atoms with van der Waals surface area (Å²) in [5, 5.41) is 10.1. The van der Waals surface area contributed by atoms with E-state index in [2.05, 4.69) is 13.8 Å². The highest BCUT2D eigenvalue weighted by Gasteiger charge is 2.59. The molecular weight excluding hydrogens is 258 g/mol. The summed E-state index contributed by atoms with van der Waals surface area (Å²) in [5.74, 6) is 3.50. The highest BCUT2D eigenvalue weighted by Crippen LogP contribution is 2.65. The number of rotatable bonds is 0. The van der Waals surface area contributed by atoms with E-state index in [1.54, 1.807) is 0 Å². The fourth-order valence-corrected chi connectivity index (χ4v) is 7.28. The second kappa shape index (κ2) is 4.71. The normalized spacial score (nSPS) is 60.0. The Bertz CT molecular complexity index is 424. The lowest BCUT2D eigenvalue weighted by atomic mass is 9.45. The van der Waals surface area contributed by atoms with Crippen LogP contribution in [0.5, 0.6) is 0 Å². The summed E-state index contributed by atoms with van der Waals surface area (Å²) >= 11 is 0. The number of hydrogen-bond acceptors (Lipinski definition) is 2. The standard InChI is InChI=1S/C19H33NO/c1-18-9-7-13(21)11-12(18)3-4-14-15-5-6-17(20)19(15,2)10-8-16(14)18/h12-17,21H,3-11,20H2,1-2H3/t12-,13+,14-,15-,16+,17-,18-,19-/m0/s1. The van der Waals surface area contributed by atoms with E-state index in [-0.39, 0.29) is 6.10 Å². The average molecular weight is 291 g/mol. The van der Waals surface area contributed by atoms with Crippen molar-refractivity contribution in [1.82, 2.24) is 0 Å². The molecule has 0 aliphatic heterocycles. The molecule has 120 valence electrons. The fraction of sp³-hybridized carbons (Fsp3) is 1.00. The summed E-state index contributed by atoms with van der Waals surface area (Å²) in [7, 11) is 0. The molecule has 3 N–H and O–H groups in total. The van der Waals surface area contributed by atoms with E-state index in [9.17, 15) is 5.11 Å². The molecule has 0 spiro atoms. The first-order chi connectivity index (χ1) is 9.95. The third-order valence-corrected chi connectivity index (χ3v) is 8.71. The molecule has 0 bridgehead atoms. The zero-order chi connectivity index (χ0) is 14.8. The molecular formula is C19H33NO. The van der Waals surface area contributed by atoms with Gasteiger partial charge in [0.15, 0.2) is 0 Å². The maximum atomic E-state index is 10.1. The predicted octanol–water partition coefficient (Wildman–Crippen LogP) is 3.72. The molecule has 4 fully saturated rings. The van der Waals surface area contributed by atoms with Crippen molar-refractivity contribution in [3.05, 3.63) is 0 Å². The quantitative estimate of drug-likeness (QED) is 0.714. The predicted molar refractivity (Wildman–Crippen MR) is 85.7 cm³/mol. The van der Waals surface area contributed by atoms with Crippen LogP contribution < -0.4 is 5.73 Å². The Balaban J connectivity index is 1.62. The SMILES string of the molecule is C[C@]12CC[C@@H](O)C[C@@H]1CC[C@@H]1[C@H]2CC[C@]2(C)[C@@H](N)CC[C@@H]12. The van der Waals surface area contributed by atoms with Gasteiger partial charge in [0.1, 0.15) is 0 Å². The smallest absolute Gasteiger partial charge is 0.0543 e. The third kappa shape index (κ3) is 1.91. The van der Waals surface area contributed by atoms with Gasteiger partial charge in [0.25, 0.3) is 0 Å². The molecule has 0 unspecified atom stereocenters. The van der Waals surface area contributed by atoms with E-state index in [1.807, 2.05) is 0 Å². The van der Waals surface area contributed by atoms with Gasteiger partial charge >= 0.3 is 0 Å². The van der Waals surface area contributed by atoms with Crippen LogP contribution in [-0.2, 0) is 0 Å². The van der Waals surface area contributed by atoms with E-state index in [1.165, 1.54) is 44.9 Å². The number of hydrogen-bond donors (Lipinski definition) is 2. The number of nitrogens with two attached hydrogens (primary N) is 1. The van der Waals surface area contributed by atoms with Crippen molar-refractivity contribution in [2.75, 3.05) is 0 Å². The van der Waals surface area contributed by atoms with Gasteiger partial charge in [-0.15, -0.1) is 0 Å². The minimum Gasteiger partial charge on any atom is -0.393 e. The second-order valence-electron chi connectivity index (χ2n) is 9.31. The molecule has 4 aliphatic rings. The van der Waals surface area contributed by atoms with Gasteiger partial charge in [-0.25, -0.2) is 0 Å². The molecule has 0 aromatic rings. The van der Waals surface area contributed by atoms with Gasteiger partial charge < -0.3 is 10.8 Å². The molecule has 0 heterocycles. The summed E-state index contributed by atoms with van der Waals surface area (Å²) in [4.78, 5) is 0. The maximum Gasteiger partial charge on any atom is 0.0543 e. The van der Waals surface area contributed by atoms with Crippen molar-refractivity contribution in [2.45, 2.75) is 83.8 Å². The first kappa shape index (κ1) is 14.5. The van der Waals surface area contributed by atoms with Crippen molar-refractivity contribution in [2.24, 2.45) is 40.2 Å². The molecule has 4 saturated carbocycles. The van der Waals surface area contributed by atoms with Crippen LogP contribution >= 0.6 is 0 Å². The minimum absolute atomic E-state index is 0.0200. The number of fused-ring (bicyclic) bond motifs is 5. The van der Waals surface area contributed by atoms with Crippen molar-refractivity contribution in [1.29, 1.82) is 0 Å². The Labute approximate surface area is 129 Å². The summed E-state index contributed by atoms with van der Waals surface area (Å²) in [6.45, 7) is 5.06. The lowest BCUT2D eigenvalue weighted by Crippen LogP contribution is -2.55. The zero-order valence-corrected chi connectivity index (χ0v) is 13.9. The fourth-order valence-electron chi connectivity index (χ4n) is 7.28. The monoisotopic (exact) mass is 291 g/mol. The van der Waals surface area contributed by atoms with E-state index in [4.69, 9.17) is 5.73 Å². The molecule has 0 radical (unpaired) electrons. The molecule has 0 aromatic heterocycles. The summed E-state index contributed by atoms with van der Waals surface area (Å²) < 4.78 is 0. The molecule has 0 aromatic carbocycles.